The van der Waals surface area contributed by atoms with E-state index >= 15 is 0 Å². The van der Waals surface area contributed by atoms with Crippen LogP contribution in [0.2, 0.25) is 0 Å². The number of benzene rings is 3. The maximum absolute atomic E-state index is 13.0. The van der Waals surface area contributed by atoms with E-state index in [1.165, 1.54) is 23.9 Å². The van der Waals surface area contributed by atoms with E-state index in [1.54, 1.807) is 62.0 Å². The first-order chi connectivity index (χ1) is 17.0. The number of rotatable bonds is 9. The summed E-state index contributed by atoms with van der Waals surface area (Å²) >= 11 is 1.31. The second-order valence-electron chi connectivity index (χ2n) is 7.50. The number of thioether (sulfide) groups is 1. The third-order valence-corrected chi connectivity index (χ3v) is 6.03. The van der Waals surface area contributed by atoms with Crippen LogP contribution < -0.4 is 15.4 Å². The van der Waals surface area contributed by atoms with Gasteiger partial charge >= 0.3 is 0 Å². The van der Waals surface area contributed by atoms with Crippen molar-refractivity contribution in [3.05, 3.63) is 102 Å². The van der Waals surface area contributed by atoms with Crippen molar-refractivity contribution in [1.82, 2.24) is 14.9 Å². The second-order valence-corrected chi connectivity index (χ2v) is 8.45. The predicted octanol–water partition coefficient (Wildman–Crippen LogP) is 4.68. The highest BCUT2D eigenvalue weighted by atomic mass is 32.2. The molecule has 2 amide bonds. The molecule has 0 aliphatic carbocycles. The molecule has 4 aromatic rings. The molecule has 0 aliphatic rings. The summed E-state index contributed by atoms with van der Waals surface area (Å²) in [5.74, 6) is 0.142. The molecule has 3 aromatic carbocycles. The van der Waals surface area contributed by atoms with Crippen LogP contribution >= 0.6 is 11.8 Å². The Bertz CT molecular complexity index is 1310. The van der Waals surface area contributed by atoms with Crippen molar-refractivity contribution in [2.24, 2.45) is 0 Å². The number of nitrogens with zero attached hydrogens (tertiary/aromatic N) is 2. The molecule has 4 rings (SSSR count). The first-order valence-electron chi connectivity index (χ1n) is 10.7. The molecule has 35 heavy (non-hydrogen) atoms. The lowest BCUT2D eigenvalue weighted by atomic mass is 10.1. The van der Waals surface area contributed by atoms with Gasteiger partial charge in [-0.05, 0) is 54.1 Å². The van der Waals surface area contributed by atoms with Crippen molar-refractivity contribution >= 4 is 29.3 Å². The Kier molecular flexibility index (Phi) is 7.79. The molecule has 178 valence electrons. The number of anilines is 1. The van der Waals surface area contributed by atoms with Gasteiger partial charge in [-0.1, -0.05) is 30.0 Å². The Hall–Kier alpha value is -4.11. The Morgan fingerprint density at radius 1 is 1.06 bits per heavy atom. The number of hydrogen-bond donors (Lipinski definition) is 2. The van der Waals surface area contributed by atoms with Crippen LogP contribution in [0.5, 0.6) is 5.75 Å². The van der Waals surface area contributed by atoms with Crippen molar-refractivity contribution in [2.75, 3.05) is 18.2 Å². The number of aromatic nitrogens is 2. The van der Waals surface area contributed by atoms with E-state index < -0.39 is 0 Å². The zero-order valence-electron chi connectivity index (χ0n) is 18.9. The maximum Gasteiger partial charge on any atom is 0.251 e. The van der Waals surface area contributed by atoms with Gasteiger partial charge in [-0.3, -0.25) is 14.2 Å². The number of ether oxygens (including phenoxy) is 1. The zero-order chi connectivity index (χ0) is 24.6. The number of imidazole rings is 1. The summed E-state index contributed by atoms with van der Waals surface area (Å²) in [6.45, 7) is 0.307. The molecule has 0 atom stereocenters. The van der Waals surface area contributed by atoms with Crippen LogP contribution in [0.3, 0.4) is 0 Å². The smallest absolute Gasteiger partial charge is 0.251 e. The van der Waals surface area contributed by atoms with Crippen LogP contribution in [0, 0.1) is 5.82 Å². The molecular formula is C26H23FN4O3S. The molecule has 0 radical (unpaired) electrons. The fourth-order valence-corrected chi connectivity index (χ4v) is 4.05. The summed E-state index contributed by atoms with van der Waals surface area (Å²) in [5, 5.41) is 6.32. The SMILES string of the molecule is COc1cccc(NC(=O)CSc2nccn2-c2ccc(C(=O)NCc3ccc(F)cc3)cc2)c1. The fraction of sp³-hybridized carbons (Fsp3) is 0.115. The van der Waals surface area contributed by atoms with Crippen LogP contribution in [-0.4, -0.2) is 34.2 Å². The van der Waals surface area contributed by atoms with Crippen LogP contribution in [0.1, 0.15) is 15.9 Å². The first kappa shape index (κ1) is 24.0. The average Bonchev–Trinajstić information content (AvgIpc) is 3.36. The molecule has 1 heterocycles. The van der Waals surface area contributed by atoms with Crippen molar-refractivity contribution in [3.8, 4) is 11.4 Å². The van der Waals surface area contributed by atoms with Gasteiger partial charge in [0.25, 0.3) is 5.91 Å². The van der Waals surface area contributed by atoms with E-state index in [9.17, 15) is 14.0 Å². The molecule has 2 N–H and O–H groups in total. The van der Waals surface area contributed by atoms with Gasteiger partial charge in [0.1, 0.15) is 11.6 Å². The topological polar surface area (TPSA) is 85.2 Å². The van der Waals surface area contributed by atoms with Gasteiger partial charge in [0.2, 0.25) is 5.91 Å². The number of hydrogen-bond acceptors (Lipinski definition) is 5. The van der Waals surface area contributed by atoms with Gasteiger partial charge in [-0.25, -0.2) is 9.37 Å². The highest BCUT2D eigenvalue weighted by Crippen LogP contribution is 2.22. The molecular weight excluding hydrogens is 467 g/mol. The summed E-state index contributed by atoms with van der Waals surface area (Å²) in [5.41, 5.74) is 2.79. The maximum atomic E-state index is 13.0. The number of carbonyl (C=O) groups is 2. The minimum Gasteiger partial charge on any atom is -0.497 e. The summed E-state index contributed by atoms with van der Waals surface area (Å²) in [4.78, 5) is 29.2. The lowest BCUT2D eigenvalue weighted by Crippen LogP contribution is -2.22. The summed E-state index contributed by atoms with van der Waals surface area (Å²) in [6.07, 6.45) is 3.46. The molecule has 9 heteroatoms. The van der Waals surface area contributed by atoms with E-state index in [0.29, 0.717) is 28.7 Å². The Labute approximate surface area is 206 Å². The van der Waals surface area contributed by atoms with E-state index in [0.717, 1.165) is 11.3 Å². The van der Waals surface area contributed by atoms with Gasteiger partial charge in [0.15, 0.2) is 5.16 Å². The van der Waals surface area contributed by atoms with Crippen LogP contribution in [0.15, 0.2) is 90.3 Å². The monoisotopic (exact) mass is 490 g/mol. The fourth-order valence-electron chi connectivity index (χ4n) is 3.28. The third-order valence-electron chi connectivity index (χ3n) is 5.07. The number of amides is 2. The van der Waals surface area contributed by atoms with Crippen LogP contribution in [-0.2, 0) is 11.3 Å². The first-order valence-corrected chi connectivity index (χ1v) is 11.7. The van der Waals surface area contributed by atoms with Gasteiger partial charge in [-0.2, -0.15) is 0 Å². The predicted molar refractivity (Wildman–Crippen MR) is 133 cm³/mol. The number of methoxy groups -OCH3 is 1. The molecule has 0 saturated carbocycles. The van der Waals surface area contributed by atoms with Crippen LogP contribution in [0.4, 0.5) is 10.1 Å². The lowest BCUT2D eigenvalue weighted by Gasteiger charge is -2.10. The molecule has 0 saturated heterocycles. The zero-order valence-corrected chi connectivity index (χ0v) is 19.7. The number of carbonyl (C=O) groups excluding carboxylic acids is 2. The summed E-state index contributed by atoms with van der Waals surface area (Å²) in [7, 11) is 1.57. The minimum absolute atomic E-state index is 0.161. The normalized spacial score (nSPS) is 10.6. The summed E-state index contributed by atoms with van der Waals surface area (Å²) < 4.78 is 20.0. The van der Waals surface area contributed by atoms with Crippen molar-refractivity contribution in [3.63, 3.8) is 0 Å². The van der Waals surface area contributed by atoms with Gasteiger partial charge in [0, 0.05) is 41.9 Å². The molecule has 0 spiro atoms. The van der Waals surface area contributed by atoms with Gasteiger partial charge in [-0.15, -0.1) is 0 Å². The Balaban J connectivity index is 1.33. The molecule has 1 aromatic heterocycles. The number of halogens is 1. The standard InChI is InChI=1S/C26H23FN4O3S/c1-34-23-4-2-3-21(15-23)30-24(32)17-35-26-28-13-14-31(26)22-11-7-19(8-12-22)25(33)29-16-18-5-9-20(27)10-6-18/h2-15H,16-17H2,1H3,(H,29,33)(H,30,32). The second kappa shape index (κ2) is 11.3. The minimum atomic E-state index is -0.315. The average molecular weight is 491 g/mol. The third kappa shape index (κ3) is 6.48. The quantitative estimate of drug-likeness (QED) is 0.333. The van der Waals surface area contributed by atoms with Gasteiger partial charge in [0.05, 0.1) is 12.9 Å². The van der Waals surface area contributed by atoms with E-state index in [-0.39, 0.29) is 23.4 Å². The molecule has 7 nitrogen and oxygen atoms in total. The van der Waals surface area contributed by atoms with Crippen molar-refractivity contribution in [1.29, 1.82) is 0 Å². The van der Waals surface area contributed by atoms with E-state index in [4.69, 9.17) is 4.74 Å². The number of nitrogens with one attached hydrogen (secondary N) is 2. The summed E-state index contributed by atoms with van der Waals surface area (Å²) in [6, 6.07) is 20.2. The molecule has 0 unspecified atom stereocenters. The van der Waals surface area contributed by atoms with E-state index in [1.807, 2.05) is 22.8 Å². The van der Waals surface area contributed by atoms with Crippen molar-refractivity contribution < 1.29 is 18.7 Å². The Morgan fingerprint density at radius 2 is 1.83 bits per heavy atom. The van der Waals surface area contributed by atoms with Crippen LogP contribution in [0.25, 0.3) is 5.69 Å². The van der Waals surface area contributed by atoms with E-state index in [2.05, 4.69) is 15.6 Å². The highest BCUT2D eigenvalue weighted by Gasteiger charge is 2.11. The lowest BCUT2D eigenvalue weighted by molar-refractivity contribution is -0.113. The van der Waals surface area contributed by atoms with Crippen molar-refractivity contribution in [2.45, 2.75) is 11.7 Å². The molecule has 0 fully saturated rings. The Morgan fingerprint density at radius 3 is 2.57 bits per heavy atom. The largest absolute Gasteiger partial charge is 0.497 e. The molecule has 0 bridgehead atoms. The highest BCUT2D eigenvalue weighted by molar-refractivity contribution is 7.99. The molecule has 0 aliphatic heterocycles. The van der Waals surface area contributed by atoms with Gasteiger partial charge < -0.3 is 15.4 Å².